The molecule has 4 nitrogen and oxygen atoms in total. The Morgan fingerprint density at radius 1 is 1.00 bits per heavy atom. The van der Waals surface area contributed by atoms with E-state index in [1.165, 1.54) is 5.56 Å². The normalized spacial score (nSPS) is 17.6. The van der Waals surface area contributed by atoms with Crippen LogP contribution in [-0.4, -0.2) is 17.4 Å². The van der Waals surface area contributed by atoms with Crippen LogP contribution in [0.5, 0.6) is 11.5 Å². The Morgan fingerprint density at radius 2 is 1.81 bits per heavy atom. The Kier molecular flexibility index (Phi) is 4.87. The molecule has 0 saturated carbocycles. The van der Waals surface area contributed by atoms with Gasteiger partial charge in [-0.15, -0.1) is 0 Å². The van der Waals surface area contributed by atoms with E-state index < -0.39 is 0 Å². The van der Waals surface area contributed by atoms with Gasteiger partial charge in [0, 0.05) is 23.7 Å². The minimum atomic E-state index is -0.0735. The van der Waals surface area contributed by atoms with Crippen LogP contribution in [0.3, 0.4) is 0 Å². The molecular weight excluding hydrogens is 386 g/mol. The topological polar surface area (TPSA) is 38.8 Å². The molecule has 2 aliphatic heterocycles. The van der Waals surface area contributed by atoms with Crippen LogP contribution in [0, 0.1) is 13.8 Å². The summed E-state index contributed by atoms with van der Waals surface area (Å²) in [6.07, 6.45) is 1.82. The van der Waals surface area contributed by atoms with E-state index in [1.54, 1.807) is 0 Å². The van der Waals surface area contributed by atoms with E-state index in [9.17, 15) is 4.79 Å². The fourth-order valence-electron chi connectivity index (χ4n) is 4.37. The molecule has 0 radical (unpaired) electrons. The quantitative estimate of drug-likeness (QED) is 0.508. The number of benzene rings is 3. The van der Waals surface area contributed by atoms with Crippen molar-refractivity contribution in [3.8, 4) is 11.5 Å². The lowest BCUT2D eigenvalue weighted by Crippen LogP contribution is -2.34. The molecule has 0 fully saturated rings. The molecule has 0 aromatic heterocycles. The number of fused-ring (bicyclic) bond motifs is 2. The largest absolute Gasteiger partial charge is 0.477 e. The first-order valence-corrected chi connectivity index (χ1v) is 10.6. The van der Waals surface area contributed by atoms with E-state index in [1.807, 2.05) is 56.3 Å². The fraction of sp³-hybridized carbons (Fsp3) is 0.222. The number of allylic oxidation sites excluding steroid dienone is 1. The highest BCUT2D eigenvalue weighted by molar-refractivity contribution is 6.15. The number of nitrogens with zero attached hydrogens (tertiary/aromatic N) is 1. The van der Waals surface area contributed by atoms with Crippen LogP contribution in [0.2, 0.25) is 0 Å². The summed E-state index contributed by atoms with van der Waals surface area (Å²) in [5, 5.41) is 0. The molecule has 0 spiro atoms. The molecule has 3 aromatic carbocycles. The van der Waals surface area contributed by atoms with Crippen molar-refractivity contribution >= 4 is 11.9 Å². The molecule has 3 aromatic rings. The second-order valence-electron chi connectivity index (χ2n) is 8.33. The Labute approximate surface area is 182 Å². The maximum absolute atomic E-state index is 13.1. The average molecular weight is 412 g/mol. The number of rotatable bonds is 3. The Bertz CT molecular complexity index is 1200. The Balaban J connectivity index is 1.45. The van der Waals surface area contributed by atoms with Gasteiger partial charge in [0.2, 0.25) is 5.78 Å². The van der Waals surface area contributed by atoms with Gasteiger partial charge in [-0.2, -0.15) is 0 Å². The molecule has 0 amide bonds. The Hall–Kier alpha value is -3.37. The molecule has 0 saturated heterocycles. The summed E-state index contributed by atoms with van der Waals surface area (Å²) in [6, 6.07) is 20.6. The van der Waals surface area contributed by atoms with Crippen molar-refractivity contribution in [2.24, 2.45) is 0 Å². The van der Waals surface area contributed by atoms with Gasteiger partial charge in [-0.1, -0.05) is 60.2 Å². The number of Topliss-reactive ketones (excluding diaryl/α,β-unsaturated/α-hetero) is 1. The highest BCUT2D eigenvalue weighted by Crippen LogP contribution is 2.44. The van der Waals surface area contributed by atoms with Gasteiger partial charge in [-0.25, -0.2) is 0 Å². The fourth-order valence-corrected chi connectivity index (χ4v) is 4.37. The molecule has 0 aliphatic carbocycles. The third-order valence-corrected chi connectivity index (χ3v) is 6.13. The molecule has 5 rings (SSSR count). The summed E-state index contributed by atoms with van der Waals surface area (Å²) in [4.78, 5) is 15.4. The van der Waals surface area contributed by atoms with Gasteiger partial charge in [0.25, 0.3) is 0 Å². The van der Waals surface area contributed by atoms with Crippen LogP contribution in [0.1, 0.15) is 51.1 Å². The number of hydrogen-bond donors (Lipinski definition) is 0. The summed E-state index contributed by atoms with van der Waals surface area (Å²) in [5.74, 6) is 1.74. The van der Waals surface area contributed by atoms with Crippen molar-refractivity contribution in [1.29, 1.82) is 0 Å². The number of ketones is 1. The molecular formula is C27H25NO3. The van der Waals surface area contributed by atoms with Crippen molar-refractivity contribution in [3.05, 3.63) is 99.8 Å². The van der Waals surface area contributed by atoms with E-state index in [0.29, 0.717) is 23.8 Å². The van der Waals surface area contributed by atoms with Gasteiger partial charge < -0.3 is 9.47 Å². The highest BCUT2D eigenvalue weighted by atomic mass is 16.5. The molecule has 0 N–H and O–H groups in total. The molecule has 31 heavy (non-hydrogen) atoms. The number of carbonyl (C=O) groups is 1. The SMILES string of the molecule is Cc1cccc(/C=C2\Oc3c(cc4c(c3C)OCN(C(C)c3ccccc3)C4)C2=O)c1. The lowest BCUT2D eigenvalue weighted by Gasteiger charge is -2.34. The number of ether oxygens (including phenoxy) is 2. The number of aryl methyl sites for hydroxylation is 1. The number of carbonyl (C=O) groups excluding carboxylic acids is 1. The minimum Gasteiger partial charge on any atom is -0.477 e. The van der Waals surface area contributed by atoms with E-state index in [4.69, 9.17) is 9.47 Å². The first kappa shape index (κ1) is 19.6. The molecule has 1 unspecified atom stereocenters. The highest BCUT2D eigenvalue weighted by Gasteiger charge is 2.34. The molecule has 4 heteroatoms. The van der Waals surface area contributed by atoms with Crippen LogP contribution < -0.4 is 9.47 Å². The van der Waals surface area contributed by atoms with E-state index >= 15 is 0 Å². The van der Waals surface area contributed by atoms with E-state index in [0.717, 1.165) is 34.5 Å². The summed E-state index contributed by atoms with van der Waals surface area (Å²) >= 11 is 0. The zero-order valence-electron chi connectivity index (χ0n) is 18.0. The summed E-state index contributed by atoms with van der Waals surface area (Å²) < 4.78 is 12.2. The number of hydrogen-bond acceptors (Lipinski definition) is 4. The predicted octanol–water partition coefficient (Wildman–Crippen LogP) is 5.83. The third kappa shape index (κ3) is 3.53. The summed E-state index contributed by atoms with van der Waals surface area (Å²) in [7, 11) is 0. The third-order valence-electron chi connectivity index (χ3n) is 6.13. The van der Waals surface area contributed by atoms with Crippen LogP contribution in [0.25, 0.3) is 6.08 Å². The molecule has 0 bridgehead atoms. The van der Waals surface area contributed by atoms with Gasteiger partial charge >= 0.3 is 0 Å². The van der Waals surface area contributed by atoms with Crippen molar-refractivity contribution in [3.63, 3.8) is 0 Å². The summed E-state index contributed by atoms with van der Waals surface area (Å²) in [5.41, 5.74) is 5.88. The second-order valence-corrected chi connectivity index (χ2v) is 8.33. The maximum Gasteiger partial charge on any atom is 0.231 e. The van der Waals surface area contributed by atoms with Crippen LogP contribution in [-0.2, 0) is 6.54 Å². The van der Waals surface area contributed by atoms with Gasteiger partial charge in [-0.05, 0) is 44.0 Å². The lowest BCUT2D eigenvalue weighted by atomic mass is 9.99. The van der Waals surface area contributed by atoms with Gasteiger partial charge in [-0.3, -0.25) is 9.69 Å². The Morgan fingerprint density at radius 3 is 2.58 bits per heavy atom. The van der Waals surface area contributed by atoms with Crippen molar-refractivity contribution in [2.45, 2.75) is 33.4 Å². The average Bonchev–Trinajstić information content (AvgIpc) is 3.09. The van der Waals surface area contributed by atoms with Crippen LogP contribution in [0.15, 0.2) is 66.4 Å². The lowest BCUT2D eigenvalue weighted by molar-refractivity contribution is 0.0609. The molecule has 1 atom stereocenters. The smallest absolute Gasteiger partial charge is 0.231 e. The summed E-state index contributed by atoms with van der Waals surface area (Å²) in [6.45, 7) is 7.41. The molecule has 2 aliphatic rings. The van der Waals surface area contributed by atoms with Crippen molar-refractivity contribution < 1.29 is 14.3 Å². The second kappa shape index (κ2) is 7.71. The van der Waals surface area contributed by atoms with Crippen molar-refractivity contribution in [2.75, 3.05) is 6.73 Å². The van der Waals surface area contributed by atoms with Gasteiger partial charge in [0.05, 0.1) is 5.56 Å². The van der Waals surface area contributed by atoms with Crippen LogP contribution in [0.4, 0.5) is 0 Å². The van der Waals surface area contributed by atoms with E-state index in [-0.39, 0.29) is 11.8 Å². The monoisotopic (exact) mass is 411 g/mol. The molecule has 2 heterocycles. The maximum atomic E-state index is 13.1. The van der Waals surface area contributed by atoms with Gasteiger partial charge in [0.15, 0.2) is 5.76 Å². The van der Waals surface area contributed by atoms with E-state index in [2.05, 4.69) is 36.1 Å². The first-order chi connectivity index (χ1) is 15.0. The van der Waals surface area contributed by atoms with Gasteiger partial charge in [0.1, 0.15) is 18.2 Å². The van der Waals surface area contributed by atoms with Crippen LogP contribution >= 0.6 is 0 Å². The van der Waals surface area contributed by atoms with Crippen molar-refractivity contribution in [1.82, 2.24) is 4.90 Å². The molecule has 156 valence electrons. The first-order valence-electron chi connectivity index (χ1n) is 10.6. The zero-order chi connectivity index (χ0) is 21.5. The zero-order valence-corrected chi connectivity index (χ0v) is 18.0. The minimum absolute atomic E-state index is 0.0735. The predicted molar refractivity (Wildman–Crippen MR) is 121 cm³/mol. The standard InChI is InChI=1S/C27H25NO3/c1-17-8-7-9-20(12-17)13-24-25(29)23-14-22-15-28(19(3)21-10-5-4-6-11-21)16-30-26(22)18(2)27(23)31-24/h4-14,19H,15-16H2,1-3H3/b24-13-.